The molecule has 0 amide bonds. The van der Waals surface area contributed by atoms with Gasteiger partial charge in [-0.05, 0) is 81.8 Å². The Labute approximate surface area is 295 Å². The second-order valence-electron chi connectivity index (χ2n) is 13.3. The number of allylic oxidation sites excluding steroid dienone is 4. The molecule has 1 aliphatic rings. The summed E-state index contributed by atoms with van der Waals surface area (Å²) in [6.45, 7) is 0. The number of para-hydroxylation sites is 2. The highest BCUT2D eigenvalue weighted by Gasteiger charge is 2.18. The van der Waals surface area contributed by atoms with Gasteiger partial charge in [0.25, 0.3) is 0 Å². The third-order valence-corrected chi connectivity index (χ3v) is 11.6. The maximum Gasteiger partial charge on any atom is 0.0541 e. The van der Waals surface area contributed by atoms with Crippen molar-refractivity contribution in [3.8, 4) is 27.9 Å². The van der Waals surface area contributed by atoms with Gasteiger partial charge in [-0.3, -0.25) is 0 Å². The number of thiophene rings is 1. The monoisotopic (exact) mass is 655 g/mol. The summed E-state index contributed by atoms with van der Waals surface area (Å²) in [5, 5.41) is 5.26. The van der Waals surface area contributed by atoms with E-state index in [1.807, 2.05) is 11.3 Å². The Hall–Kier alpha value is -5.96. The number of nitrogens with zero attached hydrogens (tertiary/aromatic N) is 1. The first kappa shape index (κ1) is 29.0. The second-order valence-corrected chi connectivity index (χ2v) is 14.3. The molecule has 0 fully saturated rings. The molecule has 50 heavy (non-hydrogen) atoms. The van der Waals surface area contributed by atoms with Gasteiger partial charge in [-0.1, -0.05) is 146 Å². The van der Waals surface area contributed by atoms with Crippen LogP contribution in [0.5, 0.6) is 0 Å². The fourth-order valence-corrected chi connectivity index (χ4v) is 9.15. The van der Waals surface area contributed by atoms with Crippen LogP contribution >= 0.6 is 11.3 Å². The van der Waals surface area contributed by atoms with Gasteiger partial charge in [0, 0.05) is 42.6 Å². The highest BCUT2D eigenvalue weighted by Crippen LogP contribution is 2.41. The summed E-state index contributed by atoms with van der Waals surface area (Å²) in [7, 11) is 0. The number of hydrogen-bond acceptors (Lipinski definition) is 1. The number of benzene rings is 7. The molecule has 0 saturated carbocycles. The van der Waals surface area contributed by atoms with Gasteiger partial charge in [0.1, 0.15) is 0 Å². The lowest BCUT2D eigenvalue weighted by molar-refractivity contribution is 0.868. The van der Waals surface area contributed by atoms with E-state index >= 15 is 0 Å². The molecular weight excluding hydrogens is 623 g/mol. The van der Waals surface area contributed by atoms with Gasteiger partial charge in [0.05, 0.1) is 11.0 Å². The Bertz CT molecular complexity index is 2770. The smallest absolute Gasteiger partial charge is 0.0541 e. The lowest BCUT2D eigenvalue weighted by Gasteiger charge is -2.20. The number of hydrogen-bond donors (Lipinski definition) is 0. The zero-order valence-corrected chi connectivity index (χ0v) is 28.3. The van der Waals surface area contributed by atoms with E-state index in [1.54, 1.807) is 0 Å². The largest absolute Gasteiger partial charge is 0.309 e. The van der Waals surface area contributed by atoms with Crippen molar-refractivity contribution in [3.63, 3.8) is 0 Å². The highest BCUT2D eigenvalue weighted by molar-refractivity contribution is 7.26. The van der Waals surface area contributed by atoms with Crippen molar-refractivity contribution in [2.24, 2.45) is 0 Å². The van der Waals surface area contributed by atoms with Crippen LogP contribution in [0, 0.1) is 0 Å². The highest BCUT2D eigenvalue weighted by atomic mass is 32.1. The van der Waals surface area contributed by atoms with Crippen LogP contribution in [0.15, 0.2) is 182 Å². The van der Waals surface area contributed by atoms with E-state index in [0.717, 1.165) is 6.42 Å². The van der Waals surface area contributed by atoms with E-state index in [4.69, 9.17) is 0 Å². The lowest BCUT2D eigenvalue weighted by Crippen LogP contribution is -2.01. The van der Waals surface area contributed by atoms with Crippen molar-refractivity contribution < 1.29 is 0 Å². The molecule has 0 saturated heterocycles. The summed E-state index contributed by atoms with van der Waals surface area (Å²) in [6.07, 6.45) is 7.88. The fourth-order valence-electron chi connectivity index (χ4n) is 7.92. The average Bonchev–Trinajstić information content (AvgIpc) is 3.74. The van der Waals surface area contributed by atoms with E-state index in [-0.39, 0.29) is 0 Å². The summed E-state index contributed by atoms with van der Waals surface area (Å²) in [5.74, 6) is 0.321. The van der Waals surface area contributed by atoms with Crippen LogP contribution in [0.3, 0.4) is 0 Å². The number of fused-ring (bicyclic) bond motifs is 6. The lowest BCUT2D eigenvalue weighted by atomic mass is 9.84. The standard InChI is InChI=1S/C48H33NS/c1-2-15-39(16-3-1)49-45-21-6-4-17-41(45)44-31-38(27-28-46(44)49)37-14-9-13-36(30-37)35-12-8-11-34(29-35)32-23-25-33(26-24-32)40-19-10-20-43-42-18-5-7-22-47(42)50-48(40)43/h1-29,31,36H,30H2. The minimum absolute atomic E-state index is 0.321. The molecule has 1 aliphatic carbocycles. The van der Waals surface area contributed by atoms with E-state index in [1.165, 1.54) is 86.6 Å². The van der Waals surface area contributed by atoms with Crippen LogP contribution in [-0.2, 0) is 0 Å². The maximum atomic E-state index is 2.40. The van der Waals surface area contributed by atoms with Crippen molar-refractivity contribution in [1.82, 2.24) is 4.57 Å². The zero-order chi connectivity index (χ0) is 33.0. The topological polar surface area (TPSA) is 4.93 Å². The van der Waals surface area contributed by atoms with Crippen LogP contribution in [-0.4, -0.2) is 4.57 Å². The first-order valence-electron chi connectivity index (χ1n) is 17.4. The van der Waals surface area contributed by atoms with Crippen LogP contribution in [0.1, 0.15) is 23.5 Å². The van der Waals surface area contributed by atoms with Gasteiger partial charge in [-0.2, -0.15) is 0 Å². The summed E-state index contributed by atoms with van der Waals surface area (Å²) < 4.78 is 5.08. The SMILES string of the molecule is C1=CC(c2cccc(-c3ccc(-c4cccc5c4sc4ccccc45)cc3)c2)CC(c2ccc3c(c2)c2ccccc2n3-c2ccccc2)=C1. The molecule has 2 heteroatoms. The molecule has 0 bridgehead atoms. The maximum absolute atomic E-state index is 2.40. The number of aromatic nitrogens is 1. The van der Waals surface area contributed by atoms with E-state index in [9.17, 15) is 0 Å². The van der Waals surface area contributed by atoms with Gasteiger partial charge in [0.2, 0.25) is 0 Å². The van der Waals surface area contributed by atoms with Crippen LogP contribution in [0.25, 0.3) is 75.5 Å². The minimum atomic E-state index is 0.321. The molecule has 7 aromatic carbocycles. The Balaban J connectivity index is 0.941. The van der Waals surface area contributed by atoms with Crippen molar-refractivity contribution in [3.05, 3.63) is 193 Å². The Kier molecular flexibility index (Phi) is 6.89. The van der Waals surface area contributed by atoms with Crippen LogP contribution < -0.4 is 0 Å². The van der Waals surface area contributed by atoms with Crippen molar-refractivity contribution in [2.75, 3.05) is 0 Å². The van der Waals surface area contributed by atoms with Gasteiger partial charge in [0.15, 0.2) is 0 Å². The third kappa shape index (κ3) is 4.83. The molecule has 9 aromatic rings. The van der Waals surface area contributed by atoms with Gasteiger partial charge in [-0.25, -0.2) is 0 Å². The van der Waals surface area contributed by atoms with Crippen molar-refractivity contribution in [1.29, 1.82) is 0 Å². The molecular formula is C48H33NS. The summed E-state index contributed by atoms with van der Waals surface area (Å²) in [4.78, 5) is 0. The Morgan fingerprint density at radius 3 is 2.12 bits per heavy atom. The molecule has 1 atom stereocenters. The summed E-state index contributed by atoms with van der Waals surface area (Å²) in [6, 6.07) is 60.1. The zero-order valence-electron chi connectivity index (χ0n) is 27.5. The molecule has 236 valence electrons. The average molecular weight is 656 g/mol. The normalized spacial score (nSPS) is 14.6. The molecule has 10 rings (SSSR count). The molecule has 2 aromatic heterocycles. The molecule has 0 radical (unpaired) electrons. The van der Waals surface area contributed by atoms with Crippen LogP contribution in [0.2, 0.25) is 0 Å². The molecule has 0 aliphatic heterocycles. The third-order valence-electron chi connectivity index (χ3n) is 10.4. The fraction of sp³-hybridized carbons (Fsp3) is 0.0417. The molecule has 2 heterocycles. The second kappa shape index (κ2) is 11.9. The van der Waals surface area contributed by atoms with Crippen LogP contribution in [0.4, 0.5) is 0 Å². The summed E-state index contributed by atoms with van der Waals surface area (Å²) in [5.41, 5.74) is 12.8. The summed E-state index contributed by atoms with van der Waals surface area (Å²) >= 11 is 1.89. The predicted molar refractivity (Wildman–Crippen MR) is 215 cm³/mol. The molecule has 0 spiro atoms. The van der Waals surface area contributed by atoms with Gasteiger partial charge >= 0.3 is 0 Å². The first-order chi connectivity index (χ1) is 24.8. The van der Waals surface area contributed by atoms with E-state index < -0.39 is 0 Å². The number of rotatable bonds is 5. The van der Waals surface area contributed by atoms with Gasteiger partial charge in [-0.15, -0.1) is 11.3 Å². The quantitative estimate of drug-likeness (QED) is 0.174. The van der Waals surface area contributed by atoms with Gasteiger partial charge < -0.3 is 4.57 Å². The Morgan fingerprint density at radius 1 is 0.500 bits per heavy atom. The van der Waals surface area contributed by atoms with E-state index in [0.29, 0.717) is 5.92 Å². The van der Waals surface area contributed by atoms with E-state index in [2.05, 4.69) is 187 Å². The minimum Gasteiger partial charge on any atom is -0.309 e. The molecule has 0 N–H and O–H groups in total. The Morgan fingerprint density at radius 2 is 1.22 bits per heavy atom. The van der Waals surface area contributed by atoms with Crippen molar-refractivity contribution >= 4 is 58.9 Å². The first-order valence-corrected chi connectivity index (χ1v) is 18.2. The molecule has 1 nitrogen and oxygen atoms in total. The molecule has 1 unspecified atom stereocenters. The van der Waals surface area contributed by atoms with Crippen molar-refractivity contribution in [2.45, 2.75) is 12.3 Å². The predicted octanol–water partition coefficient (Wildman–Crippen LogP) is 13.6.